The van der Waals surface area contributed by atoms with E-state index in [1.165, 1.54) is 37.7 Å². The van der Waals surface area contributed by atoms with Crippen molar-refractivity contribution in [2.75, 3.05) is 6.61 Å². The van der Waals surface area contributed by atoms with Gasteiger partial charge in [-0.2, -0.15) is 4.89 Å². The van der Waals surface area contributed by atoms with Crippen molar-refractivity contribution >= 4 is 5.97 Å². The van der Waals surface area contributed by atoms with E-state index in [0.29, 0.717) is 12.2 Å². The predicted octanol–water partition coefficient (Wildman–Crippen LogP) is 5.29. The van der Waals surface area contributed by atoms with Gasteiger partial charge in [-0.1, -0.05) is 64.5 Å². The Labute approximate surface area is 134 Å². The van der Waals surface area contributed by atoms with Crippen molar-refractivity contribution in [1.82, 2.24) is 0 Å². The monoisotopic (exact) mass is 305 g/mol. The first-order chi connectivity index (χ1) is 10.8. The van der Waals surface area contributed by atoms with Crippen LogP contribution in [0.5, 0.6) is 0 Å². The molecule has 0 saturated carbocycles. The fourth-order valence-corrected chi connectivity index (χ4v) is 2.20. The molecule has 0 aliphatic heterocycles. The molecule has 1 aromatic rings. The van der Waals surface area contributed by atoms with Crippen molar-refractivity contribution in [3.8, 4) is 0 Å². The van der Waals surface area contributed by atoms with E-state index in [1.807, 2.05) is 12.1 Å². The van der Waals surface area contributed by atoms with E-state index in [0.717, 1.165) is 25.7 Å². The molecule has 0 fully saturated rings. The normalized spacial score (nSPS) is 10.6. The highest BCUT2D eigenvalue weighted by molar-refractivity contribution is 5.88. The van der Waals surface area contributed by atoms with Crippen molar-refractivity contribution in [2.45, 2.75) is 64.7 Å². The number of hydrogen-bond donors (Lipinski definition) is 0. The molecule has 123 valence electrons. The van der Waals surface area contributed by atoms with Gasteiger partial charge in [0, 0.05) is 0 Å². The van der Waals surface area contributed by atoms with Gasteiger partial charge in [0.1, 0.15) is 0 Å². The summed E-state index contributed by atoms with van der Waals surface area (Å²) in [6.45, 7) is 6.45. The van der Waals surface area contributed by atoms with Crippen molar-refractivity contribution in [2.24, 2.45) is 0 Å². The first kappa shape index (κ1) is 18.7. The standard InChI is InChI=1S/C19H29O3/c1-3-5-7-8-9-10-16-21-22-19(20)18-14-12-17(13-15-18)11-6-4-2/h12-15H,1,3-11,16H2,2H3. The Morgan fingerprint density at radius 3 is 2.36 bits per heavy atom. The van der Waals surface area contributed by atoms with Gasteiger partial charge in [0.15, 0.2) is 0 Å². The second-order valence-electron chi connectivity index (χ2n) is 5.61. The minimum atomic E-state index is -0.418. The Hall–Kier alpha value is -1.35. The smallest absolute Gasteiger partial charge is 0.293 e. The van der Waals surface area contributed by atoms with Gasteiger partial charge in [-0.25, -0.2) is 4.79 Å². The molecule has 0 aromatic heterocycles. The largest absolute Gasteiger partial charge is 0.373 e. The highest BCUT2D eigenvalue weighted by Gasteiger charge is 2.08. The van der Waals surface area contributed by atoms with Crippen LogP contribution in [0.1, 0.15) is 74.2 Å². The first-order valence-corrected chi connectivity index (χ1v) is 8.50. The van der Waals surface area contributed by atoms with Gasteiger partial charge in [-0.15, -0.1) is 0 Å². The van der Waals surface area contributed by atoms with Crippen LogP contribution in [0.3, 0.4) is 0 Å². The lowest BCUT2D eigenvalue weighted by Gasteiger charge is -2.05. The maximum atomic E-state index is 11.8. The van der Waals surface area contributed by atoms with Crippen molar-refractivity contribution in [3.63, 3.8) is 0 Å². The molecule has 1 radical (unpaired) electrons. The molecule has 0 heterocycles. The number of carbonyl (C=O) groups excluding carboxylic acids is 1. The molecule has 3 nitrogen and oxygen atoms in total. The van der Waals surface area contributed by atoms with Crippen molar-refractivity contribution in [1.29, 1.82) is 0 Å². The van der Waals surface area contributed by atoms with Crippen LogP contribution in [0.4, 0.5) is 0 Å². The average Bonchev–Trinajstić information content (AvgIpc) is 2.55. The summed E-state index contributed by atoms with van der Waals surface area (Å²) in [6, 6.07) is 7.56. The Bertz CT molecular complexity index is 398. The first-order valence-electron chi connectivity index (χ1n) is 8.50. The molecule has 1 rings (SSSR count). The molecule has 0 aliphatic rings. The van der Waals surface area contributed by atoms with E-state index in [-0.39, 0.29) is 0 Å². The number of rotatable bonds is 12. The predicted molar refractivity (Wildman–Crippen MR) is 89.5 cm³/mol. The summed E-state index contributed by atoms with van der Waals surface area (Å²) in [5, 5.41) is 0. The quantitative estimate of drug-likeness (QED) is 0.299. The van der Waals surface area contributed by atoms with E-state index in [2.05, 4.69) is 13.8 Å². The van der Waals surface area contributed by atoms with Crippen LogP contribution in [0, 0.1) is 6.92 Å². The lowest BCUT2D eigenvalue weighted by molar-refractivity contribution is -0.241. The Balaban J connectivity index is 2.14. The van der Waals surface area contributed by atoms with Gasteiger partial charge in [0.05, 0.1) is 12.2 Å². The second-order valence-corrected chi connectivity index (χ2v) is 5.61. The summed E-state index contributed by atoms with van der Waals surface area (Å²) in [5.41, 5.74) is 1.79. The second kappa shape index (κ2) is 12.2. The molecule has 3 heteroatoms. The third kappa shape index (κ3) is 8.18. The van der Waals surface area contributed by atoms with E-state index in [4.69, 9.17) is 9.78 Å². The number of hydrogen-bond acceptors (Lipinski definition) is 3. The molecule has 22 heavy (non-hydrogen) atoms. The lowest BCUT2D eigenvalue weighted by atomic mass is 10.1. The van der Waals surface area contributed by atoms with E-state index < -0.39 is 5.97 Å². The van der Waals surface area contributed by atoms with Gasteiger partial charge in [0.2, 0.25) is 0 Å². The summed E-state index contributed by atoms with van der Waals surface area (Å²) in [5.74, 6) is -0.418. The maximum Gasteiger partial charge on any atom is 0.373 e. The van der Waals surface area contributed by atoms with Crippen LogP contribution in [0.2, 0.25) is 0 Å². The van der Waals surface area contributed by atoms with E-state index >= 15 is 0 Å². The number of benzene rings is 1. The van der Waals surface area contributed by atoms with Crippen LogP contribution in [-0.2, 0) is 16.2 Å². The third-order valence-electron chi connectivity index (χ3n) is 3.62. The fourth-order valence-electron chi connectivity index (χ4n) is 2.20. The molecule has 0 amide bonds. The van der Waals surface area contributed by atoms with Crippen molar-refractivity contribution < 1.29 is 14.6 Å². The summed E-state index contributed by atoms with van der Waals surface area (Å²) in [7, 11) is 0. The molecule has 0 bridgehead atoms. The lowest BCUT2D eigenvalue weighted by Crippen LogP contribution is -2.07. The Morgan fingerprint density at radius 2 is 1.68 bits per heavy atom. The molecular formula is C19H29O3. The van der Waals surface area contributed by atoms with Gasteiger partial charge in [0.25, 0.3) is 0 Å². The molecule has 0 aliphatic carbocycles. The Kier molecular flexibility index (Phi) is 10.4. The van der Waals surface area contributed by atoms with Crippen LogP contribution >= 0.6 is 0 Å². The minimum absolute atomic E-state index is 0.418. The maximum absolute atomic E-state index is 11.8. The summed E-state index contributed by atoms with van der Waals surface area (Å²) in [6.07, 6.45) is 10.0. The number of carbonyl (C=O) groups is 1. The zero-order valence-corrected chi connectivity index (χ0v) is 13.8. The molecule has 0 unspecified atom stereocenters. The van der Waals surface area contributed by atoms with Gasteiger partial charge < -0.3 is 0 Å². The zero-order valence-electron chi connectivity index (χ0n) is 13.8. The molecule has 0 saturated heterocycles. The Morgan fingerprint density at radius 1 is 1.00 bits per heavy atom. The topological polar surface area (TPSA) is 35.5 Å². The summed E-state index contributed by atoms with van der Waals surface area (Å²) < 4.78 is 0. The molecule has 0 spiro atoms. The average molecular weight is 305 g/mol. The van der Waals surface area contributed by atoms with Gasteiger partial charge >= 0.3 is 5.97 Å². The minimum Gasteiger partial charge on any atom is -0.293 e. The molecule has 1 aromatic carbocycles. The fraction of sp³-hybridized carbons (Fsp3) is 0.579. The summed E-state index contributed by atoms with van der Waals surface area (Å²) >= 11 is 0. The molecular weight excluding hydrogens is 276 g/mol. The highest BCUT2D eigenvalue weighted by atomic mass is 17.2. The van der Waals surface area contributed by atoms with Crippen LogP contribution < -0.4 is 0 Å². The zero-order chi connectivity index (χ0) is 16.0. The SMILES string of the molecule is [CH2]CCCCCCCOOC(=O)c1ccc(CCCC)cc1. The highest BCUT2D eigenvalue weighted by Crippen LogP contribution is 2.10. The number of aryl methyl sites for hydroxylation is 1. The molecule has 0 atom stereocenters. The van der Waals surface area contributed by atoms with Crippen LogP contribution in [-0.4, -0.2) is 12.6 Å². The van der Waals surface area contributed by atoms with Gasteiger partial charge in [-0.3, -0.25) is 4.89 Å². The third-order valence-corrected chi connectivity index (χ3v) is 3.62. The van der Waals surface area contributed by atoms with E-state index in [9.17, 15) is 4.79 Å². The van der Waals surface area contributed by atoms with Crippen LogP contribution in [0.25, 0.3) is 0 Å². The van der Waals surface area contributed by atoms with Crippen molar-refractivity contribution in [3.05, 3.63) is 42.3 Å². The summed E-state index contributed by atoms with van der Waals surface area (Å²) in [4.78, 5) is 21.6. The van der Waals surface area contributed by atoms with E-state index in [1.54, 1.807) is 12.1 Å². The van der Waals surface area contributed by atoms with Crippen LogP contribution in [0.15, 0.2) is 24.3 Å². The molecule has 0 N–H and O–H groups in total. The number of unbranched alkanes of at least 4 members (excludes halogenated alkanes) is 6. The van der Waals surface area contributed by atoms with Gasteiger partial charge in [-0.05, 0) is 37.0 Å².